The van der Waals surface area contributed by atoms with E-state index >= 15 is 0 Å². The molecule has 0 radical (unpaired) electrons. The first-order valence-corrected chi connectivity index (χ1v) is 17.3. The SMILES string of the molecule is Cc1nc2n(c1S(=O)(=O)N1CCC[C@H]1C(=O)NCC(C)C(=O)O)[C@H](Cc1ccc(-c3cncnc3)cc1)C(=O)N2c1cc(Cl)cc(Cl)c1. The summed E-state index contributed by atoms with van der Waals surface area (Å²) in [6.07, 6.45) is 5.60. The van der Waals surface area contributed by atoms with Crippen molar-refractivity contribution in [1.82, 2.24) is 29.1 Å². The number of rotatable bonds is 10. The number of carbonyl (C=O) groups excluding carboxylic acids is 2. The van der Waals surface area contributed by atoms with Crippen molar-refractivity contribution in [2.45, 2.75) is 50.2 Å². The molecule has 1 unspecified atom stereocenters. The minimum atomic E-state index is -4.40. The van der Waals surface area contributed by atoms with Crippen molar-refractivity contribution in [3.63, 3.8) is 0 Å². The highest BCUT2D eigenvalue weighted by Crippen LogP contribution is 2.43. The summed E-state index contributed by atoms with van der Waals surface area (Å²) in [7, 11) is -4.40. The van der Waals surface area contributed by atoms with Crippen LogP contribution < -0.4 is 10.2 Å². The monoisotopic (exact) mass is 711 g/mol. The summed E-state index contributed by atoms with van der Waals surface area (Å²) < 4.78 is 31.5. The van der Waals surface area contributed by atoms with E-state index in [4.69, 9.17) is 23.2 Å². The second-order valence-corrected chi connectivity index (χ2v) is 14.5. The zero-order chi connectivity index (χ0) is 34.3. The third-order valence-electron chi connectivity index (χ3n) is 8.47. The lowest BCUT2D eigenvalue weighted by Crippen LogP contribution is -2.47. The number of amides is 2. The lowest BCUT2D eigenvalue weighted by molar-refractivity contribution is -0.141. The van der Waals surface area contributed by atoms with Crippen LogP contribution in [0.3, 0.4) is 0 Å². The molecule has 2 amide bonds. The molecule has 2 N–H and O–H groups in total. The summed E-state index contributed by atoms with van der Waals surface area (Å²) >= 11 is 12.6. The molecule has 2 aromatic heterocycles. The molecule has 4 aromatic rings. The minimum Gasteiger partial charge on any atom is -0.481 e. The maximum Gasteiger partial charge on any atom is 0.308 e. The second kappa shape index (κ2) is 13.3. The lowest BCUT2D eigenvalue weighted by Gasteiger charge is -2.25. The first kappa shape index (κ1) is 33.5. The number of benzene rings is 2. The molecule has 48 heavy (non-hydrogen) atoms. The minimum absolute atomic E-state index is 0.0613. The Balaban J connectivity index is 1.40. The summed E-state index contributed by atoms with van der Waals surface area (Å²) in [5, 5.41) is 12.2. The van der Waals surface area contributed by atoms with Crippen molar-refractivity contribution in [3.05, 3.63) is 82.5 Å². The van der Waals surface area contributed by atoms with Gasteiger partial charge in [-0.25, -0.2) is 28.3 Å². The number of carboxylic acid groups (broad SMARTS) is 1. The molecular formula is C32H31Cl2N7O6S. The van der Waals surface area contributed by atoms with Gasteiger partial charge in [-0.2, -0.15) is 4.31 Å². The predicted molar refractivity (Wildman–Crippen MR) is 178 cm³/mol. The van der Waals surface area contributed by atoms with Crippen LogP contribution in [0.2, 0.25) is 10.0 Å². The molecule has 3 atom stereocenters. The van der Waals surface area contributed by atoms with E-state index in [2.05, 4.69) is 20.3 Å². The maximum atomic E-state index is 14.5. The molecule has 1 saturated heterocycles. The number of nitrogens with zero attached hydrogens (tertiary/aromatic N) is 6. The molecule has 0 spiro atoms. The Kier molecular flexibility index (Phi) is 9.27. The molecule has 1 fully saturated rings. The number of carboxylic acids is 1. The number of aliphatic carboxylic acids is 1. The Hall–Kier alpha value is -4.37. The van der Waals surface area contributed by atoms with Crippen LogP contribution in [0.4, 0.5) is 11.6 Å². The number of hydrogen-bond acceptors (Lipinski definition) is 8. The topological polar surface area (TPSA) is 168 Å². The fourth-order valence-electron chi connectivity index (χ4n) is 6.08. The number of imidazole rings is 1. The van der Waals surface area contributed by atoms with Crippen LogP contribution in [0, 0.1) is 12.8 Å². The molecule has 0 bridgehead atoms. The highest BCUT2D eigenvalue weighted by atomic mass is 35.5. The smallest absolute Gasteiger partial charge is 0.308 e. The van der Waals surface area contributed by atoms with E-state index in [1.807, 2.05) is 24.3 Å². The Bertz CT molecular complexity index is 1990. The van der Waals surface area contributed by atoms with Gasteiger partial charge in [0.15, 0.2) is 5.03 Å². The van der Waals surface area contributed by atoms with Crippen LogP contribution in [0.1, 0.15) is 37.1 Å². The number of sulfonamides is 1. The summed E-state index contributed by atoms with van der Waals surface area (Å²) in [6.45, 7) is 2.90. The Morgan fingerprint density at radius 2 is 1.73 bits per heavy atom. The van der Waals surface area contributed by atoms with Crippen molar-refractivity contribution < 1.29 is 27.9 Å². The summed E-state index contributed by atoms with van der Waals surface area (Å²) in [4.78, 5) is 52.7. The molecule has 2 aliphatic rings. The van der Waals surface area contributed by atoms with Gasteiger partial charge in [-0.05, 0) is 49.1 Å². The zero-order valence-electron chi connectivity index (χ0n) is 25.9. The first-order valence-electron chi connectivity index (χ1n) is 15.1. The molecule has 0 saturated carbocycles. The summed E-state index contributed by atoms with van der Waals surface area (Å²) in [6, 6.07) is 9.98. The first-order chi connectivity index (χ1) is 22.9. The van der Waals surface area contributed by atoms with Crippen LogP contribution >= 0.6 is 23.2 Å². The van der Waals surface area contributed by atoms with Crippen molar-refractivity contribution in [2.75, 3.05) is 18.0 Å². The van der Waals surface area contributed by atoms with Crippen LogP contribution in [0.15, 0.2) is 66.2 Å². The van der Waals surface area contributed by atoms with Crippen molar-refractivity contribution in [3.8, 4) is 11.1 Å². The number of halogens is 2. The molecule has 250 valence electrons. The number of aryl methyl sites for hydroxylation is 1. The van der Waals surface area contributed by atoms with Gasteiger partial charge in [-0.15, -0.1) is 0 Å². The fraction of sp³-hybridized carbons (Fsp3) is 0.312. The normalized spacial score (nSPS) is 18.6. The Morgan fingerprint density at radius 3 is 2.38 bits per heavy atom. The molecule has 16 heteroatoms. The summed E-state index contributed by atoms with van der Waals surface area (Å²) in [5.74, 6) is -2.89. The van der Waals surface area contributed by atoms with E-state index < -0.39 is 45.8 Å². The van der Waals surface area contributed by atoms with E-state index in [9.17, 15) is 27.9 Å². The largest absolute Gasteiger partial charge is 0.481 e. The number of hydrogen-bond donors (Lipinski definition) is 2. The van der Waals surface area contributed by atoms with Gasteiger partial charge in [0.25, 0.3) is 15.9 Å². The highest BCUT2D eigenvalue weighted by molar-refractivity contribution is 7.89. The van der Waals surface area contributed by atoms with Gasteiger partial charge in [-0.3, -0.25) is 19.0 Å². The van der Waals surface area contributed by atoms with Gasteiger partial charge in [0.2, 0.25) is 11.9 Å². The molecule has 2 aliphatic heterocycles. The van der Waals surface area contributed by atoms with Gasteiger partial charge < -0.3 is 10.4 Å². The van der Waals surface area contributed by atoms with Crippen molar-refractivity contribution >= 4 is 62.6 Å². The summed E-state index contributed by atoms with van der Waals surface area (Å²) in [5.41, 5.74) is 2.90. The number of nitrogens with one attached hydrogen (secondary N) is 1. The molecule has 2 aromatic carbocycles. The lowest BCUT2D eigenvalue weighted by atomic mass is 10.0. The van der Waals surface area contributed by atoms with E-state index in [-0.39, 0.29) is 52.6 Å². The second-order valence-electron chi connectivity index (χ2n) is 11.8. The average molecular weight is 713 g/mol. The molecule has 0 aliphatic carbocycles. The van der Waals surface area contributed by atoms with E-state index in [0.717, 1.165) is 21.0 Å². The molecular weight excluding hydrogens is 681 g/mol. The quantitative estimate of drug-likeness (QED) is 0.242. The number of carbonyl (C=O) groups is 3. The molecule has 6 rings (SSSR count). The van der Waals surface area contributed by atoms with Gasteiger partial charge in [-0.1, -0.05) is 54.4 Å². The Morgan fingerprint density at radius 1 is 1.06 bits per heavy atom. The van der Waals surface area contributed by atoms with Crippen LogP contribution in [-0.4, -0.2) is 74.3 Å². The van der Waals surface area contributed by atoms with Crippen molar-refractivity contribution in [1.29, 1.82) is 0 Å². The van der Waals surface area contributed by atoms with E-state index in [0.29, 0.717) is 12.1 Å². The number of anilines is 2. The number of aromatic nitrogens is 4. The van der Waals surface area contributed by atoms with Gasteiger partial charge in [0.05, 0.1) is 17.3 Å². The van der Waals surface area contributed by atoms with E-state index in [1.54, 1.807) is 31.5 Å². The maximum absolute atomic E-state index is 14.5. The molecule has 13 nitrogen and oxygen atoms in total. The fourth-order valence-corrected chi connectivity index (χ4v) is 8.60. The third-order valence-corrected chi connectivity index (χ3v) is 10.9. The van der Waals surface area contributed by atoms with Gasteiger partial charge >= 0.3 is 5.97 Å². The van der Waals surface area contributed by atoms with Gasteiger partial charge in [0, 0.05) is 47.5 Å². The average Bonchev–Trinajstić information content (AvgIpc) is 3.74. The van der Waals surface area contributed by atoms with Crippen molar-refractivity contribution in [2.24, 2.45) is 5.92 Å². The molecule has 4 heterocycles. The van der Waals surface area contributed by atoms with Crippen LogP contribution in [-0.2, 0) is 30.8 Å². The number of fused-ring (bicyclic) bond motifs is 1. The third kappa shape index (κ3) is 6.28. The van der Waals surface area contributed by atoms with E-state index in [1.165, 1.54) is 28.8 Å². The predicted octanol–water partition coefficient (Wildman–Crippen LogP) is 4.41. The standard InChI is InChI=1S/C32H31Cl2N7O6S/c1-18(31(44)45)14-37-28(42)26-4-3-9-39(26)48(46,47)30-19(2)38-32-40(25-12-23(33)11-24(34)13-25)29(43)27(41(30)32)10-20-5-7-21(8-6-20)22-15-35-17-36-16-22/h5-8,11-13,15-18,26-27H,3-4,9-10,14H2,1-2H3,(H,37,42)(H,44,45)/t18?,26-,27+/m0/s1. The van der Waals surface area contributed by atoms with Gasteiger partial charge in [0.1, 0.15) is 18.4 Å². The zero-order valence-corrected chi connectivity index (χ0v) is 28.2. The van der Waals surface area contributed by atoms with Crippen LogP contribution in [0.25, 0.3) is 11.1 Å². The highest BCUT2D eigenvalue weighted by Gasteiger charge is 2.48. The Labute approximate surface area is 286 Å². The van der Waals surface area contributed by atoms with Crippen LogP contribution in [0.5, 0.6) is 0 Å².